The molecule has 1 aromatic heterocycles. The predicted octanol–water partition coefficient (Wildman–Crippen LogP) is 4.92. The number of urea groups is 1. The van der Waals surface area contributed by atoms with Crippen molar-refractivity contribution in [2.24, 2.45) is 0 Å². The van der Waals surface area contributed by atoms with Crippen molar-refractivity contribution in [2.45, 2.75) is 17.2 Å². The van der Waals surface area contributed by atoms with Crippen LogP contribution in [0.3, 0.4) is 0 Å². The fourth-order valence-corrected chi connectivity index (χ4v) is 6.10. The van der Waals surface area contributed by atoms with Gasteiger partial charge in [-0.15, -0.1) is 11.8 Å². The lowest BCUT2D eigenvalue weighted by molar-refractivity contribution is -0.118. The smallest absolute Gasteiger partial charge is 0.329 e. The maximum absolute atomic E-state index is 13.5. The first-order valence-corrected chi connectivity index (χ1v) is 11.8. The van der Waals surface area contributed by atoms with Gasteiger partial charge in [-0.05, 0) is 24.3 Å². The van der Waals surface area contributed by atoms with Crippen LogP contribution >= 0.6 is 23.4 Å². The Balaban J connectivity index is 1.34. The van der Waals surface area contributed by atoms with Crippen LogP contribution in [-0.4, -0.2) is 47.2 Å². The SMILES string of the molecule is O=C1NC2C=C(c3ccccc3Cl)SC2C(=O)N1c1cncc2ccc(N3CC(F)(F)C3)cc12. The number of hydrogen-bond acceptors (Lipinski definition) is 5. The highest BCUT2D eigenvalue weighted by molar-refractivity contribution is 8.09. The van der Waals surface area contributed by atoms with E-state index in [2.05, 4.69) is 10.3 Å². The molecule has 2 unspecified atom stereocenters. The normalized spacial score (nSPS) is 23.4. The van der Waals surface area contributed by atoms with E-state index in [1.807, 2.05) is 24.3 Å². The summed E-state index contributed by atoms with van der Waals surface area (Å²) in [5.41, 5.74) is 1.73. The Labute approximate surface area is 202 Å². The van der Waals surface area contributed by atoms with Crippen LogP contribution in [-0.2, 0) is 4.79 Å². The van der Waals surface area contributed by atoms with Gasteiger partial charge in [0.15, 0.2) is 0 Å². The highest BCUT2D eigenvalue weighted by Gasteiger charge is 2.46. The molecule has 2 aromatic carbocycles. The van der Waals surface area contributed by atoms with Gasteiger partial charge in [-0.1, -0.05) is 35.9 Å². The number of pyridine rings is 1. The predicted molar refractivity (Wildman–Crippen MR) is 130 cm³/mol. The highest BCUT2D eigenvalue weighted by Crippen LogP contribution is 2.45. The number of anilines is 2. The summed E-state index contributed by atoms with van der Waals surface area (Å²) in [5.74, 6) is -3.08. The molecule has 0 aliphatic carbocycles. The minimum atomic E-state index is -2.71. The molecule has 3 aliphatic rings. The number of imide groups is 1. The highest BCUT2D eigenvalue weighted by atomic mass is 35.5. The average Bonchev–Trinajstić information content (AvgIpc) is 3.21. The summed E-state index contributed by atoms with van der Waals surface area (Å²) >= 11 is 7.69. The van der Waals surface area contributed by atoms with E-state index < -0.39 is 23.2 Å². The van der Waals surface area contributed by atoms with E-state index in [-0.39, 0.29) is 19.0 Å². The first kappa shape index (κ1) is 21.4. The van der Waals surface area contributed by atoms with Crippen molar-refractivity contribution in [3.63, 3.8) is 0 Å². The molecule has 3 aliphatic heterocycles. The molecule has 172 valence electrons. The average molecular weight is 499 g/mol. The molecular formula is C24H17ClF2N4O2S. The van der Waals surface area contributed by atoms with Crippen molar-refractivity contribution >= 4 is 62.4 Å². The number of amides is 3. The Morgan fingerprint density at radius 2 is 1.91 bits per heavy atom. The second-order valence-corrected chi connectivity index (χ2v) is 10.1. The first-order valence-electron chi connectivity index (χ1n) is 10.6. The number of thioether (sulfide) groups is 1. The summed E-state index contributed by atoms with van der Waals surface area (Å²) in [7, 11) is 0. The number of nitrogens with one attached hydrogen (secondary N) is 1. The fraction of sp³-hybridized carbons (Fsp3) is 0.208. The van der Waals surface area contributed by atoms with Gasteiger partial charge in [0.25, 0.3) is 11.8 Å². The number of carbonyl (C=O) groups is 2. The van der Waals surface area contributed by atoms with Gasteiger partial charge in [-0.2, -0.15) is 0 Å². The zero-order chi connectivity index (χ0) is 23.6. The van der Waals surface area contributed by atoms with Crippen LogP contribution in [0.25, 0.3) is 15.7 Å². The van der Waals surface area contributed by atoms with Crippen LogP contribution in [0.15, 0.2) is 60.9 Å². The third-order valence-corrected chi connectivity index (χ3v) is 7.87. The van der Waals surface area contributed by atoms with Crippen molar-refractivity contribution in [2.75, 3.05) is 22.9 Å². The third kappa shape index (κ3) is 3.42. The zero-order valence-electron chi connectivity index (χ0n) is 17.5. The molecule has 2 fully saturated rings. The summed E-state index contributed by atoms with van der Waals surface area (Å²) < 4.78 is 26.8. The molecule has 0 bridgehead atoms. The lowest BCUT2D eigenvalue weighted by atomic mass is 10.0. The van der Waals surface area contributed by atoms with E-state index in [1.165, 1.54) is 18.0 Å². The monoisotopic (exact) mass is 498 g/mol. The second kappa shape index (κ2) is 7.68. The Hall–Kier alpha value is -3.17. The van der Waals surface area contributed by atoms with E-state index in [0.717, 1.165) is 15.4 Å². The molecule has 0 saturated carbocycles. The van der Waals surface area contributed by atoms with Crippen LogP contribution in [0.4, 0.5) is 25.0 Å². The van der Waals surface area contributed by atoms with Gasteiger partial charge in [0.05, 0.1) is 31.0 Å². The van der Waals surface area contributed by atoms with Gasteiger partial charge in [0.2, 0.25) is 0 Å². The van der Waals surface area contributed by atoms with Crippen LogP contribution in [0, 0.1) is 0 Å². The van der Waals surface area contributed by atoms with Gasteiger partial charge in [-0.3, -0.25) is 9.78 Å². The van der Waals surface area contributed by atoms with Crippen molar-refractivity contribution in [1.82, 2.24) is 10.3 Å². The Kier molecular flexibility index (Phi) is 4.82. The van der Waals surface area contributed by atoms with Crippen LogP contribution in [0.5, 0.6) is 0 Å². The maximum Gasteiger partial charge on any atom is 0.329 e. The molecule has 2 atom stereocenters. The maximum atomic E-state index is 13.5. The molecule has 6 nitrogen and oxygen atoms in total. The molecule has 6 rings (SSSR count). The van der Waals surface area contributed by atoms with Gasteiger partial charge in [-0.25, -0.2) is 18.5 Å². The molecule has 4 heterocycles. The number of halogens is 3. The molecule has 1 N–H and O–H groups in total. The lowest BCUT2D eigenvalue weighted by Gasteiger charge is -2.40. The summed E-state index contributed by atoms with van der Waals surface area (Å²) in [4.78, 5) is 34.3. The Morgan fingerprint density at radius 1 is 1.12 bits per heavy atom. The minimum Gasteiger partial charge on any atom is -0.359 e. The van der Waals surface area contributed by atoms with E-state index in [0.29, 0.717) is 27.2 Å². The lowest BCUT2D eigenvalue weighted by Crippen LogP contribution is -2.60. The van der Waals surface area contributed by atoms with Crippen LogP contribution in [0.1, 0.15) is 5.56 Å². The number of benzene rings is 2. The molecular weight excluding hydrogens is 482 g/mol. The quantitative estimate of drug-likeness (QED) is 0.555. The van der Waals surface area contributed by atoms with E-state index in [9.17, 15) is 18.4 Å². The standard InChI is InChI=1S/C24H17ClF2N4O2S/c25-17-4-2-1-3-15(17)20-8-18-21(34-20)22(32)31(23(33)29-18)19-10-28-9-13-5-6-14(7-16(13)19)30-11-24(26,27)12-30/h1-10,18,21H,11-12H2,(H,29,33). The molecule has 3 aromatic rings. The Morgan fingerprint density at radius 3 is 2.68 bits per heavy atom. The number of fused-ring (bicyclic) bond motifs is 2. The largest absolute Gasteiger partial charge is 0.359 e. The van der Waals surface area contributed by atoms with Crippen LogP contribution < -0.4 is 15.1 Å². The van der Waals surface area contributed by atoms with Gasteiger partial charge in [0, 0.05) is 38.1 Å². The number of alkyl halides is 2. The van der Waals surface area contributed by atoms with Gasteiger partial charge < -0.3 is 10.2 Å². The topological polar surface area (TPSA) is 65.5 Å². The minimum absolute atomic E-state index is 0.319. The number of nitrogens with zero attached hydrogens (tertiary/aromatic N) is 3. The fourth-order valence-electron chi connectivity index (χ4n) is 4.50. The Bertz CT molecular complexity index is 1390. The number of rotatable bonds is 3. The van der Waals surface area contributed by atoms with E-state index >= 15 is 0 Å². The molecule has 0 spiro atoms. The second-order valence-electron chi connectivity index (χ2n) is 8.47. The number of hydrogen-bond donors (Lipinski definition) is 1. The third-order valence-electron chi connectivity index (χ3n) is 6.18. The van der Waals surface area contributed by atoms with E-state index in [1.54, 1.807) is 35.4 Å². The summed E-state index contributed by atoms with van der Waals surface area (Å²) in [6.45, 7) is -0.724. The molecule has 3 amide bonds. The van der Waals surface area contributed by atoms with Gasteiger partial charge >= 0.3 is 6.03 Å². The molecule has 2 saturated heterocycles. The summed E-state index contributed by atoms with van der Waals surface area (Å²) in [6.07, 6.45) is 4.92. The summed E-state index contributed by atoms with van der Waals surface area (Å²) in [5, 5.41) is 4.20. The molecule has 0 radical (unpaired) electrons. The van der Waals surface area contributed by atoms with Crippen molar-refractivity contribution in [3.05, 3.63) is 71.5 Å². The van der Waals surface area contributed by atoms with Crippen molar-refractivity contribution < 1.29 is 18.4 Å². The number of aromatic nitrogens is 1. The van der Waals surface area contributed by atoms with E-state index in [4.69, 9.17) is 11.6 Å². The van der Waals surface area contributed by atoms with Gasteiger partial charge in [0.1, 0.15) is 5.25 Å². The number of carbonyl (C=O) groups excluding carboxylic acids is 2. The van der Waals surface area contributed by atoms with Crippen molar-refractivity contribution in [1.29, 1.82) is 0 Å². The first-order chi connectivity index (χ1) is 16.3. The summed E-state index contributed by atoms with van der Waals surface area (Å²) in [6, 6.07) is 11.6. The molecule has 34 heavy (non-hydrogen) atoms. The molecule has 10 heteroatoms. The zero-order valence-corrected chi connectivity index (χ0v) is 19.1. The van der Waals surface area contributed by atoms with Crippen molar-refractivity contribution in [3.8, 4) is 0 Å². The van der Waals surface area contributed by atoms with Crippen LogP contribution in [0.2, 0.25) is 5.02 Å².